The molecule has 4 rings (SSSR count). The van der Waals surface area contributed by atoms with Crippen LogP contribution in [0.5, 0.6) is 0 Å². The standard InChI is InChI=1S/C21H24N4O2/c1-15-13-19(16(2)27-15)21(26)24-10-6-17(7-11-24)20-23-9-12-25(20)14-18-5-3-4-8-22-18/h3-5,8-9,12-13,17H,6-7,10-11,14H2,1-2H3. The molecule has 0 spiro atoms. The molecule has 0 saturated carbocycles. The Morgan fingerprint density at radius 1 is 1.19 bits per heavy atom. The summed E-state index contributed by atoms with van der Waals surface area (Å²) in [6.45, 7) is 5.93. The Morgan fingerprint density at radius 3 is 2.67 bits per heavy atom. The molecule has 140 valence electrons. The highest BCUT2D eigenvalue weighted by Gasteiger charge is 2.28. The summed E-state index contributed by atoms with van der Waals surface area (Å²) in [6.07, 6.45) is 7.52. The normalized spacial score (nSPS) is 15.3. The van der Waals surface area contributed by atoms with E-state index in [0.29, 0.717) is 17.2 Å². The Labute approximate surface area is 158 Å². The Hall–Kier alpha value is -2.89. The van der Waals surface area contributed by atoms with Crippen molar-refractivity contribution >= 4 is 5.91 Å². The second-order valence-electron chi connectivity index (χ2n) is 7.13. The van der Waals surface area contributed by atoms with Crippen LogP contribution < -0.4 is 0 Å². The number of likely N-dealkylation sites (tertiary alicyclic amines) is 1. The van der Waals surface area contributed by atoms with Gasteiger partial charge in [-0.2, -0.15) is 0 Å². The Morgan fingerprint density at radius 2 is 2.00 bits per heavy atom. The highest BCUT2D eigenvalue weighted by molar-refractivity contribution is 5.95. The molecule has 1 fully saturated rings. The fourth-order valence-corrected chi connectivity index (χ4v) is 3.83. The number of furan rings is 1. The van der Waals surface area contributed by atoms with Gasteiger partial charge >= 0.3 is 0 Å². The van der Waals surface area contributed by atoms with Crippen LogP contribution in [-0.4, -0.2) is 38.4 Å². The van der Waals surface area contributed by atoms with Crippen molar-refractivity contribution in [3.8, 4) is 0 Å². The number of aromatic nitrogens is 3. The quantitative estimate of drug-likeness (QED) is 0.710. The van der Waals surface area contributed by atoms with Crippen molar-refractivity contribution < 1.29 is 9.21 Å². The first-order chi connectivity index (χ1) is 13.1. The van der Waals surface area contributed by atoms with E-state index in [1.165, 1.54) is 0 Å². The minimum atomic E-state index is 0.0691. The van der Waals surface area contributed by atoms with Crippen molar-refractivity contribution in [2.24, 2.45) is 0 Å². The molecule has 0 aliphatic carbocycles. The van der Waals surface area contributed by atoms with Gasteiger partial charge in [-0.25, -0.2) is 4.98 Å². The molecule has 3 aromatic rings. The minimum absolute atomic E-state index is 0.0691. The number of imidazole rings is 1. The molecule has 27 heavy (non-hydrogen) atoms. The van der Waals surface area contributed by atoms with Crippen LogP contribution in [-0.2, 0) is 6.54 Å². The van der Waals surface area contributed by atoms with E-state index in [0.717, 1.165) is 49.8 Å². The summed E-state index contributed by atoms with van der Waals surface area (Å²) in [5, 5.41) is 0. The van der Waals surface area contributed by atoms with Gasteiger partial charge in [-0.05, 0) is 44.9 Å². The van der Waals surface area contributed by atoms with Crippen LogP contribution in [0.2, 0.25) is 0 Å². The number of aryl methyl sites for hydroxylation is 2. The third-order valence-electron chi connectivity index (χ3n) is 5.22. The average molecular weight is 364 g/mol. The van der Waals surface area contributed by atoms with Crippen molar-refractivity contribution in [3.05, 3.63) is 71.5 Å². The van der Waals surface area contributed by atoms with Crippen LogP contribution in [0.3, 0.4) is 0 Å². The first-order valence-electron chi connectivity index (χ1n) is 9.39. The molecule has 0 aromatic carbocycles. The highest BCUT2D eigenvalue weighted by atomic mass is 16.3. The van der Waals surface area contributed by atoms with E-state index in [1.807, 2.05) is 61.6 Å². The monoisotopic (exact) mass is 364 g/mol. The van der Waals surface area contributed by atoms with Gasteiger partial charge in [-0.1, -0.05) is 6.07 Å². The van der Waals surface area contributed by atoms with Gasteiger partial charge in [0.1, 0.15) is 17.3 Å². The molecule has 4 heterocycles. The Kier molecular flexibility index (Phi) is 4.79. The summed E-state index contributed by atoms with van der Waals surface area (Å²) < 4.78 is 7.69. The smallest absolute Gasteiger partial charge is 0.257 e. The predicted octanol–water partition coefficient (Wildman–Crippen LogP) is 3.56. The maximum absolute atomic E-state index is 12.8. The molecule has 0 atom stereocenters. The number of carbonyl (C=O) groups is 1. The van der Waals surface area contributed by atoms with E-state index in [-0.39, 0.29) is 5.91 Å². The number of hydrogen-bond acceptors (Lipinski definition) is 4. The topological polar surface area (TPSA) is 64.2 Å². The third-order valence-corrected chi connectivity index (χ3v) is 5.22. The second kappa shape index (κ2) is 7.39. The van der Waals surface area contributed by atoms with E-state index in [9.17, 15) is 4.79 Å². The van der Waals surface area contributed by atoms with Crippen LogP contribution in [0.15, 0.2) is 47.3 Å². The lowest BCUT2D eigenvalue weighted by molar-refractivity contribution is 0.0708. The number of pyridine rings is 1. The molecule has 0 radical (unpaired) electrons. The molecule has 6 nitrogen and oxygen atoms in total. The van der Waals surface area contributed by atoms with Crippen molar-refractivity contribution in [3.63, 3.8) is 0 Å². The van der Waals surface area contributed by atoms with Gasteiger partial charge in [-0.3, -0.25) is 9.78 Å². The van der Waals surface area contributed by atoms with Crippen molar-refractivity contribution in [2.45, 2.75) is 39.2 Å². The van der Waals surface area contributed by atoms with Gasteiger partial charge in [0.2, 0.25) is 0 Å². The maximum Gasteiger partial charge on any atom is 0.257 e. The molecule has 0 N–H and O–H groups in total. The summed E-state index contributed by atoms with van der Waals surface area (Å²) in [5.74, 6) is 3.00. The molecule has 1 amide bonds. The van der Waals surface area contributed by atoms with Gasteiger partial charge in [0.25, 0.3) is 5.91 Å². The number of piperidine rings is 1. The van der Waals surface area contributed by atoms with E-state index in [1.54, 1.807) is 0 Å². The fourth-order valence-electron chi connectivity index (χ4n) is 3.83. The molecule has 3 aromatic heterocycles. The summed E-state index contributed by atoms with van der Waals surface area (Å²) in [4.78, 5) is 23.7. The van der Waals surface area contributed by atoms with E-state index in [4.69, 9.17) is 4.42 Å². The molecule has 1 aliphatic rings. The second-order valence-corrected chi connectivity index (χ2v) is 7.13. The molecule has 6 heteroatoms. The number of amides is 1. The zero-order valence-electron chi connectivity index (χ0n) is 15.8. The lowest BCUT2D eigenvalue weighted by Crippen LogP contribution is -2.38. The van der Waals surface area contributed by atoms with Crippen molar-refractivity contribution in [1.82, 2.24) is 19.4 Å². The van der Waals surface area contributed by atoms with Crippen molar-refractivity contribution in [1.29, 1.82) is 0 Å². The summed E-state index contributed by atoms with van der Waals surface area (Å²) in [5.41, 5.74) is 1.71. The Balaban J connectivity index is 1.42. The largest absolute Gasteiger partial charge is 0.466 e. The van der Waals surface area contributed by atoms with E-state index >= 15 is 0 Å². The van der Waals surface area contributed by atoms with E-state index < -0.39 is 0 Å². The first kappa shape index (κ1) is 17.5. The first-order valence-corrected chi connectivity index (χ1v) is 9.39. The number of hydrogen-bond donors (Lipinski definition) is 0. The summed E-state index contributed by atoms with van der Waals surface area (Å²) in [6, 6.07) is 7.79. The number of rotatable bonds is 4. The zero-order chi connectivity index (χ0) is 18.8. The SMILES string of the molecule is Cc1cc(C(=O)N2CCC(c3nccn3Cc3ccccn3)CC2)c(C)o1. The van der Waals surface area contributed by atoms with Crippen LogP contribution in [0, 0.1) is 13.8 Å². The van der Waals surface area contributed by atoms with Crippen LogP contribution in [0.25, 0.3) is 0 Å². The summed E-state index contributed by atoms with van der Waals surface area (Å²) in [7, 11) is 0. The Bertz CT molecular complexity index is 921. The molecule has 1 aliphatic heterocycles. The molecule has 0 bridgehead atoms. The average Bonchev–Trinajstić information content (AvgIpc) is 3.28. The van der Waals surface area contributed by atoms with Gasteiger partial charge in [0.05, 0.1) is 17.8 Å². The van der Waals surface area contributed by atoms with Gasteiger partial charge in [0.15, 0.2) is 0 Å². The van der Waals surface area contributed by atoms with Crippen molar-refractivity contribution in [2.75, 3.05) is 13.1 Å². The lowest BCUT2D eigenvalue weighted by atomic mass is 9.95. The highest BCUT2D eigenvalue weighted by Crippen LogP contribution is 2.28. The van der Waals surface area contributed by atoms with Crippen LogP contribution in [0.1, 0.15) is 52.2 Å². The molecular weight excluding hydrogens is 340 g/mol. The zero-order valence-corrected chi connectivity index (χ0v) is 15.8. The van der Waals surface area contributed by atoms with Crippen LogP contribution in [0.4, 0.5) is 0 Å². The minimum Gasteiger partial charge on any atom is -0.466 e. The maximum atomic E-state index is 12.8. The summed E-state index contributed by atoms with van der Waals surface area (Å²) >= 11 is 0. The molecular formula is C21H24N4O2. The number of carbonyl (C=O) groups excluding carboxylic acids is 1. The third kappa shape index (κ3) is 3.65. The molecule has 1 saturated heterocycles. The van der Waals surface area contributed by atoms with Gasteiger partial charge < -0.3 is 13.9 Å². The lowest BCUT2D eigenvalue weighted by Gasteiger charge is -2.31. The molecule has 0 unspecified atom stereocenters. The van der Waals surface area contributed by atoms with Crippen LogP contribution >= 0.6 is 0 Å². The van der Waals surface area contributed by atoms with E-state index in [2.05, 4.69) is 14.5 Å². The van der Waals surface area contributed by atoms with Gasteiger partial charge in [0, 0.05) is 37.6 Å². The fraction of sp³-hybridized carbons (Fsp3) is 0.381. The van der Waals surface area contributed by atoms with Gasteiger partial charge in [-0.15, -0.1) is 0 Å². The number of nitrogens with zero attached hydrogens (tertiary/aromatic N) is 4. The predicted molar refractivity (Wildman–Crippen MR) is 102 cm³/mol.